The second-order valence-electron chi connectivity index (χ2n) is 10.2. The summed E-state index contributed by atoms with van der Waals surface area (Å²) in [6.45, 7) is 5.07. The molecule has 2 heterocycles. The number of carbonyl (C=O) groups excluding carboxylic acids is 2. The zero-order valence-electron chi connectivity index (χ0n) is 20.2. The first-order valence-electron chi connectivity index (χ1n) is 12.6. The van der Waals surface area contributed by atoms with E-state index >= 15 is 0 Å². The van der Waals surface area contributed by atoms with Gasteiger partial charge >= 0.3 is 0 Å². The van der Waals surface area contributed by atoms with Gasteiger partial charge in [0.1, 0.15) is 5.54 Å². The number of amides is 2. The van der Waals surface area contributed by atoms with E-state index in [2.05, 4.69) is 29.4 Å². The zero-order valence-corrected chi connectivity index (χ0v) is 20.2. The van der Waals surface area contributed by atoms with Crippen LogP contribution < -0.4 is 5.32 Å². The third-order valence-electron chi connectivity index (χ3n) is 7.76. The van der Waals surface area contributed by atoms with Gasteiger partial charge in [0.05, 0.1) is 17.6 Å². The molecule has 0 bridgehead atoms. The number of aromatic nitrogens is 2. The minimum Gasteiger partial charge on any atom is -0.351 e. The molecule has 178 valence electrons. The first-order chi connectivity index (χ1) is 16.5. The maximum absolute atomic E-state index is 13.9. The Hall–Kier alpha value is -3.15. The number of imidazole rings is 1. The SMILES string of the molecule is C[C@@H]1CCCC[C@H]1NC(=O)[C@]1(C)Cn2c(nc3ccccc32)C(=O)N1CCCc1ccccc1. The lowest BCUT2D eigenvalue weighted by Gasteiger charge is -2.45. The largest absolute Gasteiger partial charge is 0.351 e. The number of para-hydroxylation sites is 2. The van der Waals surface area contributed by atoms with Gasteiger partial charge in [-0.05, 0) is 56.2 Å². The van der Waals surface area contributed by atoms with Crippen molar-refractivity contribution in [1.82, 2.24) is 19.8 Å². The van der Waals surface area contributed by atoms with Crippen molar-refractivity contribution in [2.24, 2.45) is 5.92 Å². The van der Waals surface area contributed by atoms with Crippen molar-refractivity contribution in [1.29, 1.82) is 0 Å². The van der Waals surface area contributed by atoms with Crippen molar-refractivity contribution in [3.8, 4) is 0 Å². The zero-order chi connectivity index (χ0) is 23.7. The fourth-order valence-electron chi connectivity index (χ4n) is 5.62. The monoisotopic (exact) mass is 458 g/mol. The fourth-order valence-corrected chi connectivity index (χ4v) is 5.62. The summed E-state index contributed by atoms with van der Waals surface area (Å²) in [7, 11) is 0. The summed E-state index contributed by atoms with van der Waals surface area (Å²) in [4.78, 5) is 34.0. The summed E-state index contributed by atoms with van der Waals surface area (Å²) >= 11 is 0. The predicted octanol–water partition coefficient (Wildman–Crippen LogP) is 4.58. The second-order valence-corrected chi connectivity index (χ2v) is 10.2. The van der Waals surface area contributed by atoms with E-state index in [1.165, 1.54) is 12.0 Å². The molecule has 6 heteroatoms. The van der Waals surface area contributed by atoms with E-state index in [1.807, 2.05) is 54.0 Å². The van der Waals surface area contributed by atoms with E-state index in [0.717, 1.165) is 43.1 Å². The molecular weight excluding hydrogens is 424 g/mol. The molecule has 1 aliphatic carbocycles. The Morgan fingerprint density at radius 1 is 1.09 bits per heavy atom. The van der Waals surface area contributed by atoms with Gasteiger partial charge in [-0.25, -0.2) is 4.98 Å². The van der Waals surface area contributed by atoms with Gasteiger partial charge in [-0.15, -0.1) is 0 Å². The summed E-state index contributed by atoms with van der Waals surface area (Å²) in [5.41, 5.74) is 1.96. The minimum atomic E-state index is -0.971. The summed E-state index contributed by atoms with van der Waals surface area (Å²) in [5, 5.41) is 3.34. The number of carbonyl (C=O) groups is 2. The Morgan fingerprint density at radius 3 is 2.62 bits per heavy atom. The van der Waals surface area contributed by atoms with Crippen LogP contribution in [0.25, 0.3) is 11.0 Å². The molecule has 6 nitrogen and oxygen atoms in total. The van der Waals surface area contributed by atoms with Crippen LogP contribution in [0.2, 0.25) is 0 Å². The smallest absolute Gasteiger partial charge is 0.290 e. The van der Waals surface area contributed by atoms with Gasteiger partial charge < -0.3 is 14.8 Å². The molecule has 2 aliphatic rings. The molecule has 3 aromatic rings. The highest BCUT2D eigenvalue weighted by atomic mass is 16.2. The number of benzene rings is 2. The standard InChI is InChI=1S/C28H34N4O2/c1-20-11-6-7-15-22(20)30-27(34)28(2)19-31-24-17-9-8-16-23(24)29-25(31)26(33)32(28)18-10-14-21-12-4-3-5-13-21/h3-5,8-9,12-13,16-17,20,22H,6-7,10-11,14-15,18-19H2,1-2H3,(H,30,34)/t20-,22-,28+/m1/s1. The van der Waals surface area contributed by atoms with Crippen LogP contribution in [-0.4, -0.2) is 44.4 Å². The number of hydrogen-bond acceptors (Lipinski definition) is 3. The van der Waals surface area contributed by atoms with Gasteiger partial charge in [-0.1, -0.05) is 62.2 Å². The van der Waals surface area contributed by atoms with Gasteiger partial charge in [0.2, 0.25) is 5.91 Å². The van der Waals surface area contributed by atoms with Crippen molar-refractivity contribution < 1.29 is 9.59 Å². The van der Waals surface area contributed by atoms with Gasteiger partial charge in [-0.2, -0.15) is 0 Å². The van der Waals surface area contributed by atoms with E-state index in [0.29, 0.717) is 24.8 Å². The summed E-state index contributed by atoms with van der Waals surface area (Å²) in [6.07, 6.45) is 6.15. The number of nitrogens with zero attached hydrogens (tertiary/aromatic N) is 3. The van der Waals surface area contributed by atoms with Gasteiger partial charge in [0.25, 0.3) is 5.91 Å². The maximum Gasteiger partial charge on any atom is 0.290 e. The normalized spacial score (nSPS) is 24.8. The Balaban J connectivity index is 1.45. The van der Waals surface area contributed by atoms with E-state index in [1.54, 1.807) is 4.90 Å². The van der Waals surface area contributed by atoms with Crippen LogP contribution in [-0.2, 0) is 17.8 Å². The average Bonchev–Trinajstić information content (AvgIpc) is 3.22. The Labute approximate surface area is 201 Å². The Bertz CT molecular complexity index is 1190. The number of nitrogens with one attached hydrogen (secondary N) is 1. The third kappa shape index (κ3) is 4.10. The van der Waals surface area contributed by atoms with Crippen LogP contribution >= 0.6 is 0 Å². The Morgan fingerprint density at radius 2 is 1.82 bits per heavy atom. The maximum atomic E-state index is 13.9. The third-order valence-corrected chi connectivity index (χ3v) is 7.76. The van der Waals surface area contributed by atoms with Crippen LogP contribution in [0.1, 0.15) is 62.1 Å². The van der Waals surface area contributed by atoms with Crippen molar-refractivity contribution in [3.63, 3.8) is 0 Å². The van der Waals surface area contributed by atoms with E-state index in [9.17, 15) is 9.59 Å². The molecule has 1 aliphatic heterocycles. The highest BCUT2D eigenvalue weighted by Crippen LogP contribution is 2.32. The number of aryl methyl sites for hydroxylation is 1. The molecule has 0 spiro atoms. The minimum absolute atomic E-state index is 0.0530. The van der Waals surface area contributed by atoms with Crippen LogP contribution in [0.3, 0.4) is 0 Å². The quantitative estimate of drug-likeness (QED) is 0.588. The van der Waals surface area contributed by atoms with Crippen LogP contribution in [0.4, 0.5) is 0 Å². The Kier molecular flexibility index (Phi) is 6.15. The molecular formula is C28H34N4O2. The molecule has 3 atom stereocenters. The van der Waals surface area contributed by atoms with Crippen molar-refractivity contribution in [2.45, 2.75) is 70.5 Å². The first kappa shape index (κ1) is 22.6. The predicted molar refractivity (Wildman–Crippen MR) is 134 cm³/mol. The second kappa shape index (κ2) is 9.24. The summed E-state index contributed by atoms with van der Waals surface area (Å²) in [5.74, 6) is 0.668. The van der Waals surface area contributed by atoms with Crippen molar-refractivity contribution >= 4 is 22.8 Å². The molecule has 34 heavy (non-hydrogen) atoms. The molecule has 1 aromatic heterocycles. The van der Waals surface area contributed by atoms with Crippen LogP contribution in [0.5, 0.6) is 0 Å². The highest BCUT2D eigenvalue weighted by Gasteiger charge is 2.48. The topological polar surface area (TPSA) is 67.2 Å². The van der Waals surface area contributed by atoms with Crippen molar-refractivity contribution in [2.75, 3.05) is 6.54 Å². The lowest BCUT2D eigenvalue weighted by molar-refractivity contribution is -0.134. The van der Waals surface area contributed by atoms with Gasteiger partial charge in [0.15, 0.2) is 5.82 Å². The lowest BCUT2D eigenvalue weighted by Crippen LogP contribution is -2.65. The number of hydrogen-bond donors (Lipinski definition) is 1. The van der Waals surface area contributed by atoms with Crippen LogP contribution in [0.15, 0.2) is 54.6 Å². The molecule has 1 saturated carbocycles. The first-order valence-corrected chi connectivity index (χ1v) is 12.6. The molecule has 1 fully saturated rings. The molecule has 2 aromatic carbocycles. The van der Waals surface area contributed by atoms with Gasteiger partial charge in [-0.3, -0.25) is 9.59 Å². The lowest BCUT2D eigenvalue weighted by atomic mass is 9.85. The molecule has 5 rings (SSSR count). The molecule has 0 unspecified atom stereocenters. The van der Waals surface area contributed by atoms with E-state index in [4.69, 9.17) is 0 Å². The molecule has 2 amide bonds. The molecule has 0 radical (unpaired) electrons. The van der Waals surface area contributed by atoms with Crippen molar-refractivity contribution in [3.05, 3.63) is 66.0 Å². The number of rotatable bonds is 6. The van der Waals surface area contributed by atoms with E-state index in [-0.39, 0.29) is 17.9 Å². The molecule has 1 N–H and O–H groups in total. The molecule has 0 saturated heterocycles. The number of fused-ring (bicyclic) bond motifs is 3. The van der Waals surface area contributed by atoms with E-state index < -0.39 is 5.54 Å². The summed E-state index contributed by atoms with van der Waals surface area (Å²) in [6, 6.07) is 18.2. The highest BCUT2D eigenvalue weighted by molar-refractivity contribution is 6.01. The summed E-state index contributed by atoms with van der Waals surface area (Å²) < 4.78 is 1.94. The fraction of sp³-hybridized carbons (Fsp3) is 0.464. The van der Waals surface area contributed by atoms with Crippen LogP contribution in [0, 0.1) is 5.92 Å². The van der Waals surface area contributed by atoms with Gasteiger partial charge in [0, 0.05) is 12.6 Å². The average molecular weight is 459 g/mol.